The van der Waals surface area contributed by atoms with Gasteiger partial charge in [-0.1, -0.05) is 18.0 Å². The predicted octanol–water partition coefficient (Wildman–Crippen LogP) is 3.10. The number of anilines is 1. The number of imidazole rings is 1. The molecule has 0 aliphatic rings. The van der Waals surface area contributed by atoms with Crippen LogP contribution in [0.2, 0.25) is 0 Å². The van der Waals surface area contributed by atoms with Crippen molar-refractivity contribution in [1.29, 1.82) is 0 Å². The molecule has 0 bridgehead atoms. The standard InChI is InChI=1S/C13H14N4S/c1-18-16-11-3-2-10-4-5-17(13(10)6-11)8-12-7-14-9-15-12/h2-7,9,16H,8H2,1H3,(H,14,15). The minimum absolute atomic E-state index is 0.812. The highest BCUT2D eigenvalue weighted by atomic mass is 32.2. The van der Waals surface area contributed by atoms with Crippen LogP contribution >= 0.6 is 11.9 Å². The Hall–Kier alpha value is -1.88. The molecule has 5 heteroatoms. The molecule has 0 amide bonds. The van der Waals surface area contributed by atoms with E-state index < -0.39 is 0 Å². The smallest absolute Gasteiger partial charge is 0.0922 e. The lowest BCUT2D eigenvalue weighted by molar-refractivity contribution is 0.814. The van der Waals surface area contributed by atoms with Crippen LogP contribution in [0.15, 0.2) is 43.0 Å². The SMILES string of the molecule is CSNc1ccc2ccn(Cc3cnc[nH]3)c2c1. The van der Waals surface area contributed by atoms with Crippen LogP contribution < -0.4 is 4.72 Å². The minimum atomic E-state index is 0.812. The number of rotatable bonds is 4. The highest BCUT2D eigenvalue weighted by Crippen LogP contribution is 2.22. The van der Waals surface area contributed by atoms with Gasteiger partial charge in [0.05, 0.1) is 24.1 Å². The van der Waals surface area contributed by atoms with Crippen molar-refractivity contribution in [3.63, 3.8) is 0 Å². The van der Waals surface area contributed by atoms with Gasteiger partial charge in [-0.3, -0.25) is 0 Å². The van der Waals surface area contributed by atoms with Crippen LogP contribution in [0.25, 0.3) is 10.9 Å². The number of aromatic amines is 1. The van der Waals surface area contributed by atoms with Crippen LogP contribution in [-0.4, -0.2) is 20.8 Å². The molecule has 0 unspecified atom stereocenters. The Morgan fingerprint density at radius 3 is 3.11 bits per heavy atom. The Labute approximate surface area is 110 Å². The third kappa shape index (κ3) is 2.09. The van der Waals surface area contributed by atoms with Crippen LogP contribution in [0.1, 0.15) is 5.69 Å². The molecule has 0 aliphatic carbocycles. The Balaban J connectivity index is 1.98. The van der Waals surface area contributed by atoms with Crippen molar-refractivity contribution in [2.24, 2.45) is 0 Å². The van der Waals surface area contributed by atoms with Gasteiger partial charge >= 0.3 is 0 Å². The first-order valence-electron chi connectivity index (χ1n) is 5.72. The van der Waals surface area contributed by atoms with Crippen molar-refractivity contribution in [2.75, 3.05) is 11.0 Å². The molecule has 2 N–H and O–H groups in total. The lowest BCUT2D eigenvalue weighted by atomic mass is 10.2. The van der Waals surface area contributed by atoms with E-state index in [4.69, 9.17) is 0 Å². The molecule has 2 heterocycles. The zero-order valence-electron chi connectivity index (χ0n) is 10.1. The second kappa shape index (κ2) is 4.78. The molecule has 18 heavy (non-hydrogen) atoms. The summed E-state index contributed by atoms with van der Waals surface area (Å²) in [6.45, 7) is 0.812. The largest absolute Gasteiger partial charge is 0.347 e. The molecule has 0 saturated carbocycles. The molecule has 3 rings (SSSR count). The van der Waals surface area contributed by atoms with Gasteiger partial charge in [0.1, 0.15) is 0 Å². The Morgan fingerprint density at radius 2 is 2.33 bits per heavy atom. The summed E-state index contributed by atoms with van der Waals surface area (Å²) in [5, 5.41) is 1.25. The molecule has 4 nitrogen and oxygen atoms in total. The number of aromatic nitrogens is 3. The van der Waals surface area contributed by atoms with Crippen molar-refractivity contribution >= 4 is 28.5 Å². The van der Waals surface area contributed by atoms with Crippen LogP contribution in [0, 0.1) is 0 Å². The van der Waals surface area contributed by atoms with Crippen LogP contribution in [-0.2, 0) is 6.54 Å². The highest BCUT2D eigenvalue weighted by Gasteiger charge is 2.03. The van der Waals surface area contributed by atoms with E-state index in [1.165, 1.54) is 10.9 Å². The van der Waals surface area contributed by atoms with E-state index >= 15 is 0 Å². The summed E-state index contributed by atoms with van der Waals surface area (Å²) < 4.78 is 5.48. The molecule has 0 spiro atoms. The zero-order chi connectivity index (χ0) is 12.4. The fraction of sp³-hybridized carbons (Fsp3) is 0.154. The summed E-state index contributed by atoms with van der Waals surface area (Å²) in [7, 11) is 0. The maximum atomic E-state index is 4.05. The van der Waals surface area contributed by atoms with Crippen LogP contribution in [0.5, 0.6) is 0 Å². The summed E-state index contributed by atoms with van der Waals surface area (Å²) in [6.07, 6.45) is 7.69. The fourth-order valence-corrected chi connectivity index (χ4v) is 2.42. The molecule has 0 radical (unpaired) electrons. The molecule has 92 valence electrons. The third-order valence-electron chi connectivity index (χ3n) is 2.89. The first-order valence-corrected chi connectivity index (χ1v) is 6.94. The highest BCUT2D eigenvalue weighted by molar-refractivity contribution is 7.99. The summed E-state index contributed by atoms with van der Waals surface area (Å²) in [5.41, 5.74) is 3.46. The van der Waals surface area contributed by atoms with Gasteiger partial charge in [-0.2, -0.15) is 0 Å². The third-order valence-corrected chi connectivity index (χ3v) is 3.33. The van der Waals surface area contributed by atoms with E-state index in [1.807, 2.05) is 12.5 Å². The predicted molar refractivity (Wildman–Crippen MR) is 76.8 cm³/mol. The number of hydrogen-bond acceptors (Lipinski definition) is 3. The average Bonchev–Trinajstić information content (AvgIpc) is 3.01. The van der Waals surface area contributed by atoms with Crippen molar-refractivity contribution in [1.82, 2.24) is 14.5 Å². The van der Waals surface area contributed by atoms with E-state index in [-0.39, 0.29) is 0 Å². The van der Waals surface area contributed by atoms with E-state index in [0.29, 0.717) is 0 Å². The number of H-pyrrole nitrogens is 1. The van der Waals surface area contributed by atoms with Gasteiger partial charge in [0, 0.05) is 24.3 Å². The van der Waals surface area contributed by atoms with Crippen LogP contribution in [0.4, 0.5) is 5.69 Å². The summed E-state index contributed by atoms with van der Waals surface area (Å²) in [6, 6.07) is 8.54. The normalized spacial score (nSPS) is 10.9. The Morgan fingerprint density at radius 1 is 1.39 bits per heavy atom. The van der Waals surface area contributed by atoms with E-state index in [9.17, 15) is 0 Å². The van der Waals surface area contributed by atoms with Gasteiger partial charge in [-0.25, -0.2) is 4.98 Å². The lowest BCUT2D eigenvalue weighted by Gasteiger charge is -2.06. The minimum Gasteiger partial charge on any atom is -0.347 e. The second-order valence-electron chi connectivity index (χ2n) is 4.10. The summed E-state index contributed by atoms with van der Waals surface area (Å²) in [4.78, 5) is 7.17. The number of nitrogens with one attached hydrogen (secondary N) is 2. The van der Waals surface area contributed by atoms with Crippen molar-refractivity contribution in [2.45, 2.75) is 6.54 Å². The van der Waals surface area contributed by atoms with E-state index in [1.54, 1.807) is 18.3 Å². The Bertz CT molecular complexity index is 642. The molecule has 0 atom stereocenters. The van der Waals surface area contributed by atoms with E-state index in [2.05, 4.69) is 49.7 Å². The molecule has 2 aromatic heterocycles. The van der Waals surface area contributed by atoms with Gasteiger partial charge in [-0.05, 0) is 23.6 Å². The van der Waals surface area contributed by atoms with Gasteiger partial charge < -0.3 is 14.3 Å². The average molecular weight is 258 g/mol. The topological polar surface area (TPSA) is 45.6 Å². The Kier molecular flexibility index (Phi) is 2.98. The van der Waals surface area contributed by atoms with Gasteiger partial charge in [-0.15, -0.1) is 0 Å². The lowest BCUT2D eigenvalue weighted by Crippen LogP contribution is -1.98. The van der Waals surface area contributed by atoms with Crippen molar-refractivity contribution < 1.29 is 0 Å². The molecule has 1 aromatic carbocycles. The van der Waals surface area contributed by atoms with Crippen LogP contribution in [0.3, 0.4) is 0 Å². The van der Waals surface area contributed by atoms with Crippen molar-refractivity contribution in [3.8, 4) is 0 Å². The van der Waals surface area contributed by atoms with Crippen molar-refractivity contribution in [3.05, 3.63) is 48.7 Å². The quantitative estimate of drug-likeness (QED) is 0.707. The molecular formula is C13H14N4S. The molecule has 0 fully saturated rings. The maximum absolute atomic E-state index is 4.05. The number of nitrogens with zero attached hydrogens (tertiary/aromatic N) is 2. The maximum Gasteiger partial charge on any atom is 0.0922 e. The fourth-order valence-electron chi connectivity index (χ4n) is 2.06. The number of hydrogen-bond donors (Lipinski definition) is 2. The number of fused-ring (bicyclic) bond motifs is 1. The second-order valence-corrected chi connectivity index (χ2v) is 4.71. The van der Waals surface area contributed by atoms with E-state index in [0.717, 1.165) is 17.9 Å². The molecule has 3 aromatic rings. The molecule has 0 saturated heterocycles. The monoisotopic (exact) mass is 258 g/mol. The summed E-state index contributed by atoms with van der Waals surface area (Å²) in [5.74, 6) is 0. The first kappa shape index (κ1) is 11.2. The summed E-state index contributed by atoms with van der Waals surface area (Å²) >= 11 is 1.60. The molecular weight excluding hydrogens is 244 g/mol. The van der Waals surface area contributed by atoms with Gasteiger partial charge in [0.25, 0.3) is 0 Å². The van der Waals surface area contributed by atoms with Gasteiger partial charge in [0.15, 0.2) is 0 Å². The molecule has 0 aliphatic heterocycles. The number of benzene rings is 1. The first-order chi connectivity index (χ1) is 8.86. The zero-order valence-corrected chi connectivity index (χ0v) is 10.9. The van der Waals surface area contributed by atoms with Gasteiger partial charge in [0.2, 0.25) is 0 Å².